The van der Waals surface area contributed by atoms with Gasteiger partial charge in [0, 0.05) is 48.0 Å². The van der Waals surface area contributed by atoms with E-state index in [1.807, 2.05) is 55.1 Å². The lowest BCUT2D eigenvalue weighted by Gasteiger charge is -2.33. The quantitative estimate of drug-likeness (QED) is 0.413. The summed E-state index contributed by atoms with van der Waals surface area (Å²) in [7, 11) is 3.97. The Balaban J connectivity index is 0.000000509. The molecule has 1 aliphatic heterocycles. The summed E-state index contributed by atoms with van der Waals surface area (Å²) < 4.78 is 33.1. The fourth-order valence-electron chi connectivity index (χ4n) is 4.08. The van der Waals surface area contributed by atoms with E-state index in [1.54, 1.807) is 0 Å². The largest absolute Gasteiger partial charge is 0.446 e. The Morgan fingerprint density at radius 1 is 1.11 bits per heavy atom. The van der Waals surface area contributed by atoms with E-state index in [0.29, 0.717) is 15.7 Å². The number of hydrogen-bond acceptors (Lipinski definition) is 3. The second-order valence-corrected chi connectivity index (χ2v) is 9.30. The van der Waals surface area contributed by atoms with Crippen LogP contribution in [-0.4, -0.2) is 41.4 Å². The number of halogens is 5. The molecule has 35 heavy (non-hydrogen) atoms. The van der Waals surface area contributed by atoms with Crippen LogP contribution in [0, 0.1) is 6.92 Å². The van der Waals surface area contributed by atoms with Crippen molar-refractivity contribution in [2.75, 3.05) is 18.9 Å². The predicted molar refractivity (Wildman–Crippen MR) is 131 cm³/mol. The summed E-state index contributed by atoms with van der Waals surface area (Å²) in [6.45, 7) is 3.67. The van der Waals surface area contributed by atoms with E-state index in [0.717, 1.165) is 29.9 Å². The molecule has 1 aromatic heterocycles. The maximum atomic E-state index is 12.5. The van der Waals surface area contributed by atoms with Crippen LogP contribution in [0.3, 0.4) is 0 Å². The van der Waals surface area contributed by atoms with Gasteiger partial charge in [-0.15, -0.1) is 0 Å². The fraction of sp³-hybridized carbons (Fsp3) is 0.280. The van der Waals surface area contributed by atoms with E-state index in [1.165, 1.54) is 11.1 Å². The number of rotatable bonds is 3. The number of nitrogens with one attached hydrogen (secondary N) is 1. The first-order chi connectivity index (χ1) is 16.4. The average molecular weight is 526 g/mol. The third kappa shape index (κ3) is 6.87. The number of fused-ring (bicyclic) bond motifs is 1. The Bertz CT molecular complexity index is 1220. The molecule has 5 nitrogen and oxygen atoms in total. The Labute approximate surface area is 211 Å². The van der Waals surface area contributed by atoms with Crippen LogP contribution >= 0.6 is 23.2 Å². The zero-order valence-electron chi connectivity index (χ0n) is 19.3. The summed E-state index contributed by atoms with van der Waals surface area (Å²) in [5, 5.41) is 4.35. The van der Waals surface area contributed by atoms with Crippen molar-refractivity contribution in [3.63, 3.8) is 0 Å². The average Bonchev–Trinajstić information content (AvgIpc) is 3.12. The molecule has 0 aliphatic carbocycles. The molecule has 10 heteroatoms. The van der Waals surface area contributed by atoms with Crippen molar-refractivity contribution in [1.29, 1.82) is 0 Å². The van der Waals surface area contributed by atoms with Crippen molar-refractivity contribution in [3.8, 4) is 0 Å². The zero-order chi connectivity index (χ0) is 25.9. The summed E-state index contributed by atoms with van der Waals surface area (Å²) in [6, 6.07) is 13.7. The van der Waals surface area contributed by atoms with Gasteiger partial charge >= 0.3 is 6.18 Å². The Morgan fingerprint density at radius 2 is 1.74 bits per heavy atom. The molecular formula is C25H24Cl2F3N3O2. The van der Waals surface area contributed by atoms with E-state index in [2.05, 4.69) is 29.4 Å². The fourth-order valence-corrected chi connectivity index (χ4v) is 4.65. The number of likely N-dealkylation sites (N-methyl/N-ethyl adjacent to an activating group) is 1. The Hall–Kier alpha value is -2.81. The number of carbonyl (C=O) groups is 2. The molecule has 0 saturated carbocycles. The Kier molecular flexibility index (Phi) is 8.30. The normalized spacial score (nSPS) is 15.6. The Morgan fingerprint density at radius 3 is 2.29 bits per heavy atom. The van der Waals surface area contributed by atoms with Gasteiger partial charge in [0.25, 0.3) is 5.91 Å². The molecule has 0 fully saturated rings. The second kappa shape index (κ2) is 10.8. The van der Waals surface area contributed by atoms with Gasteiger partial charge in [-0.05, 0) is 66.6 Å². The van der Waals surface area contributed by atoms with Crippen LogP contribution in [0.4, 0.5) is 18.9 Å². The first-order valence-electron chi connectivity index (χ1n) is 10.6. The summed E-state index contributed by atoms with van der Waals surface area (Å²) in [6.07, 6.45) is -3.77. The molecule has 0 saturated heterocycles. The summed E-state index contributed by atoms with van der Waals surface area (Å²) in [4.78, 5) is 23.5. The van der Waals surface area contributed by atoms with Gasteiger partial charge in [0.05, 0.1) is 0 Å². The molecule has 0 bridgehead atoms. The van der Waals surface area contributed by atoms with E-state index in [4.69, 9.17) is 28.0 Å². The van der Waals surface area contributed by atoms with Gasteiger partial charge in [-0.1, -0.05) is 35.3 Å². The highest BCUT2D eigenvalue weighted by atomic mass is 35.5. The van der Waals surface area contributed by atoms with Crippen LogP contribution in [0.15, 0.2) is 48.7 Å². The maximum Gasteiger partial charge on any atom is 0.446 e. The van der Waals surface area contributed by atoms with Gasteiger partial charge in [-0.3, -0.25) is 9.59 Å². The van der Waals surface area contributed by atoms with E-state index in [9.17, 15) is 18.0 Å². The number of carbonyl (C=O) groups excluding carboxylic acids is 2. The van der Waals surface area contributed by atoms with Crippen molar-refractivity contribution in [1.82, 2.24) is 9.47 Å². The first kappa shape index (κ1) is 26.8. The number of benzene rings is 2. The van der Waals surface area contributed by atoms with Crippen LogP contribution in [0.1, 0.15) is 38.7 Å². The van der Waals surface area contributed by atoms with E-state index < -0.39 is 12.5 Å². The van der Waals surface area contributed by atoms with Crippen molar-refractivity contribution >= 4 is 41.1 Å². The number of anilines is 1. The van der Waals surface area contributed by atoms with Gasteiger partial charge in [0.2, 0.25) is 6.29 Å². The van der Waals surface area contributed by atoms with Crippen LogP contribution in [0.5, 0.6) is 0 Å². The van der Waals surface area contributed by atoms with Crippen molar-refractivity contribution in [2.45, 2.75) is 25.6 Å². The summed E-state index contributed by atoms with van der Waals surface area (Å²) in [5.74, 6) is 0.0647. The third-order valence-electron chi connectivity index (χ3n) is 5.57. The summed E-state index contributed by atoms with van der Waals surface area (Å²) in [5.41, 5.74) is 5.95. The molecule has 2 aromatic carbocycles. The topological polar surface area (TPSA) is 54.3 Å². The van der Waals surface area contributed by atoms with Crippen LogP contribution in [-0.2, 0) is 18.4 Å². The number of hydrogen-bond donors (Lipinski definition) is 1. The highest BCUT2D eigenvalue weighted by Crippen LogP contribution is 2.38. The smallest absolute Gasteiger partial charge is 0.346 e. The van der Waals surface area contributed by atoms with Crippen LogP contribution in [0.25, 0.3) is 0 Å². The first-order valence-corrected chi connectivity index (χ1v) is 11.4. The van der Waals surface area contributed by atoms with Gasteiger partial charge in [-0.25, -0.2) is 0 Å². The highest BCUT2D eigenvalue weighted by molar-refractivity contribution is 6.35. The standard InChI is InChI=1S/C23H23Cl2N3O.C2HF3O/c1-14-8-22(28(3)11-14)23(29)26-17-6-4-15(5-7-17)19-12-27(2)13-20-18(19)9-16(24)10-21(20)25;3-2(4,5)1-6/h4-11,19H,12-13H2,1-3H3,(H,26,29);1H. The molecule has 1 amide bonds. The number of aromatic nitrogens is 1. The van der Waals surface area contributed by atoms with Crippen LogP contribution in [0.2, 0.25) is 10.0 Å². The monoisotopic (exact) mass is 525 g/mol. The number of alkyl halides is 3. The summed E-state index contributed by atoms with van der Waals surface area (Å²) >= 11 is 12.7. The molecule has 1 N–H and O–H groups in total. The lowest BCUT2D eigenvalue weighted by atomic mass is 9.84. The zero-order valence-corrected chi connectivity index (χ0v) is 20.8. The molecule has 1 atom stereocenters. The molecule has 186 valence electrons. The van der Waals surface area contributed by atoms with E-state index >= 15 is 0 Å². The molecule has 1 unspecified atom stereocenters. The number of nitrogens with zero attached hydrogens (tertiary/aromatic N) is 2. The van der Waals surface area contributed by atoms with Gasteiger partial charge < -0.3 is 14.8 Å². The second-order valence-electron chi connectivity index (χ2n) is 8.45. The minimum absolute atomic E-state index is 0.116. The van der Waals surface area contributed by atoms with Gasteiger partial charge in [0.1, 0.15) is 5.69 Å². The molecule has 4 rings (SSSR count). The number of aldehydes is 1. The minimum Gasteiger partial charge on any atom is -0.346 e. The molecule has 2 heterocycles. The van der Waals surface area contributed by atoms with Gasteiger partial charge in [0.15, 0.2) is 0 Å². The number of amides is 1. The molecular weight excluding hydrogens is 502 g/mol. The highest BCUT2D eigenvalue weighted by Gasteiger charge is 2.27. The molecule has 1 aliphatic rings. The maximum absolute atomic E-state index is 12.5. The SMILES string of the molecule is Cc1cc(C(=O)Nc2ccc(C3CN(C)Cc4c(Cl)cc(Cl)cc43)cc2)n(C)c1.O=CC(F)(F)F. The molecule has 0 radical (unpaired) electrons. The van der Waals surface area contributed by atoms with E-state index in [-0.39, 0.29) is 11.8 Å². The molecule has 0 spiro atoms. The minimum atomic E-state index is -4.64. The predicted octanol–water partition coefficient (Wildman–Crippen LogP) is 6.22. The lowest BCUT2D eigenvalue weighted by molar-refractivity contribution is -0.156. The van der Waals surface area contributed by atoms with Crippen LogP contribution < -0.4 is 5.32 Å². The van der Waals surface area contributed by atoms with Crippen molar-refractivity contribution < 1.29 is 22.8 Å². The van der Waals surface area contributed by atoms with Gasteiger partial charge in [-0.2, -0.15) is 13.2 Å². The lowest BCUT2D eigenvalue weighted by Crippen LogP contribution is -2.31. The number of aryl methyl sites for hydroxylation is 2. The molecule has 3 aromatic rings. The third-order valence-corrected chi connectivity index (χ3v) is 6.13. The van der Waals surface area contributed by atoms with Crippen molar-refractivity contribution in [2.24, 2.45) is 7.05 Å². The van der Waals surface area contributed by atoms with Crippen molar-refractivity contribution in [3.05, 3.63) is 86.7 Å².